The van der Waals surface area contributed by atoms with Crippen LogP contribution in [0.4, 0.5) is 0 Å². The van der Waals surface area contributed by atoms with Crippen LogP contribution >= 0.6 is 11.3 Å². The predicted molar refractivity (Wildman–Crippen MR) is 74.3 cm³/mol. The molecule has 16 heavy (non-hydrogen) atoms. The molecule has 1 nitrogen and oxygen atoms in total. The molecule has 0 saturated heterocycles. The van der Waals surface area contributed by atoms with Crippen LogP contribution in [0.2, 0.25) is 0 Å². The lowest BCUT2D eigenvalue weighted by molar-refractivity contribution is 0.269. The molecular formula is C14H25NS. The molecule has 2 heteroatoms. The summed E-state index contributed by atoms with van der Waals surface area (Å²) in [6, 6.07) is 4.41. The summed E-state index contributed by atoms with van der Waals surface area (Å²) in [5, 5.41) is 2.18. The van der Waals surface area contributed by atoms with Gasteiger partial charge in [0.25, 0.3) is 0 Å². The van der Waals surface area contributed by atoms with Crippen LogP contribution < -0.4 is 0 Å². The molecule has 0 aromatic carbocycles. The number of hydrogen-bond acceptors (Lipinski definition) is 2. The molecule has 0 fully saturated rings. The van der Waals surface area contributed by atoms with Crippen molar-refractivity contribution in [2.75, 3.05) is 19.6 Å². The smallest absolute Gasteiger partial charge is 0.00579 e. The van der Waals surface area contributed by atoms with Gasteiger partial charge in [-0.2, -0.15) is 0 Å². The molecule has 92 valence electrons. The fourth-order valence-corrected chi connectivity index (χ4v) is 2.52. The van der Waals surface area contributed by atoms with Crippen molar-refractivity contribution in [1.82, 2.24) is 4.90 Å². The fourth-order valence-electron chi connectivity index (χ4n) is 1.82. The van der Waals surface area contributed by atoms with E-state index in [1.807, 2.05) is 11.3 Å². The average Bonchev–Trinajstić information content (AvgIpc) is 2.81. The Hall–Kier alpha value is -0.340. The van der Waals surface area contributed by atoms with Gasteiger partial charge in [0, 0.05) is 11.4 Å². The van der Waals surface area contributed by atoms with E-state index in [0.717, 1.165) is 0 Å². The molecule has 1 rings (SSSR count). The van der Waals surface area contributed by atoms with Gasteiger partial charge >= 0.3 is 0 Å². The van der Waals surface area contributed by atoms with E-state index in [-0.39, 0.29) is 0 Å². The van der Waals surface area contributed by atoms with Gasteiger partial charge in [-0.3, -0.25) is 0 Å². The van der Waals surface area contributed by atoms with Gasteiger partial charge in [0.2, 0.25) is 0 Å². The first-order valence-electron chi connectivity index (χ1n) is 6.61. The minimum absolute atomic E-state index is 1.23. The Morgan fingerprint density at radius 1 is 1.06 bits per heavy atom. The van der Waals surface area contributed by atoms with Crippen molar-refractivity contribution >= 4 is 11.3 Å². The molecule has 0 bridgehead atoms. The van der Waals surface area contributed by atoms with Gasteiger partial charge < -0.3 is 4.90 Å². The van der Waals surface area contributed by atoms with E-state index in [2.05, 4.69) is 36.3 Å². The van der Waals surface area contributed by atoms with Crippen molar-refractivity contribution in [1.29, 1.82) is 0 Å². The summed E-state index contributed by atoms with van der Waals surface area (Å²) >= 11 is 1.89. The SMILES string of the molecule is CCCCN(CCCC)CCc1cccs1. The van der Waals surface area contributed by atoms with Crippen molar-refractivity contribution in [3.63, 3.8) is 0 Å². The van der Waals surface area contributed by atoms with Gasteiger partial charge in [0.15, 0.2) is 0 Å². The van der Waals surface area contributed by atoms with Gasteiger partial charge in [-0.05, 0) is 43.8 Å². The van der Waals surface area contributed by atoms with Gasteiger partial charge in [-0.1, -0.05) is 32.8 Å². The van der Waals surface area contributed by atoms with Crippen LogP contribution in [0.5, 0.6) is 0 Å². The van der Waals surface area contributed by atoms with Crippen LogP contribution in [0.1, 0.15) is 44.4 Å². The Morgan fingerprint density at radius 3 is 2.25 bits per heavy atom. The Labute approximate surface area is 104 Å². The molecule has 0 aliphatic rings. The van der Waals surface area contributed by atoms with Gasteiger partial charge in [0.1, 0.15) is 0 Å². The Morgan fingerprint density at radius 2 is 1.75 bits per heavy atom. The van der Waals surface area contributed by atoms with Gasteiger partial charge in [0.05, 0.1) is 0 Å². The molecule has 0 aliphatic carbocycles. The molecule has 0 aliphatic heterocycles. The molecule has 0 N–H and O–H groups in total. The van der Waals surface area contributed by atoms with Crippen LogP contribution in [0.15, 0.2) is 17.5 Å². The third kappa shape index (κ3) is 5.66. The molecule has 1 heterocycles. The van der Waals surface area contributed by atoms with E-state index in [1.54, 1.807) is 0 Å². The summed E-state index contributed by atoms with van der Waals surface area (Å²) in [4.78, 5) is 4.16. The first-order valence-corrected chi connectivity index (χ1v) is 7.49. The zero-order valence-electron chi connectivity index (χ0n) is 10.7. The van der Waals surface area contributed by atoms with Crippen molar-refractivity contribution in [2.24, 2.45) is 0 Å². The molecular weight excluding hydrogens is 214 g/mol. The molecule has 0 amide bonds. The maximum absolute atomic E-state index is 2.63. The largest absolute Gasteiger partial charge is 0.303 e. The highest BCUT2D eigenvalue weighted by Gasteiger charge is 2.04. The van der Waals surface area contributed by atoms with Crippen molar-refractivity contribution in [3.8, 4) is 0 Å². The van der Waals surface area contributed by atoms with E-state index >= 15 is 0 Å². The molecule has 0 radical (unpaired) electrons. The molecule has 0 unspecified atom stereocenters. The lowest BCUT2D eigenvalue weighted by Gasteiger charge is -2.21. The van der Waals surface area contributed by atoms with Crippen molar-refractivity contribution < 1.29 is 0 Å². The highest BCUT2D eigenvalue weighted by Crippen LogP contribution is 2.10. The van der Waals surface area contributed by atoms with Crippen LogP contribution in [0.3, 0.4) is 0 Å². The summed E-state index contributed by atoms with van der Waals surface area (Å²) in [6.07, 6.45) is 6.52. The van der Waals surface area contributed by atoms with Crippen molar-refractivity contribution in [3.05, 3.63) is 22.4 Å². The summed E-state index contributed by atoms with van der Waals surface area (Å²) in [7, 11) is 0. The second-order valence-electron chi connectivity index (χ2n) is 4.38. The quantitative estimate of drug-likeness (QED) is 0.624. The minimum atomic E-state index is 1.23. The summed E-state index contributed by atoms with van der Waals surface area (Å²) in [5.41, 5.74) is 0. The van der Waals surface area contributed by atoms with Gasteiger partial charge in [-0.15, -0.1) is 11.3 Å². The fraction of sp³-hybridized carbons (Fsp3) is 0.714. The standard InChI is InChI=1S/C14H25NS/c1-3-5-10-15(11-6-4-2)12-9-14-8-7-13-16-14/h7-8,13H,3-6,9-12H2,1-2H3. The highest BCUT2D eigenvalue weighted by atomic mass is 32.1. The summed E-state index contributed by atoms with van der Waals surface area (Å²) in [6.45, 7) is 8.35. The molecule has 0 atom stereocenters. The zero-order chi connectivity index (χ0) is 11.6. The number of rotatable bonds is 9. The lowest BCUT2D eigenvalue weighted by atomic mass is 10.2. The van der Waals surface area contributed by atoms with Crippen LogP contribution in [0.25, 0.3) is 0 Å². The Bertz CT molecular complexity index is 235. The number of thiophene rings is 1. The molecule has 1 aromatic heterocycles. The Kier molecular flexibility index (Phi) is 7.52. The van der Waals surface area contributed by atoms with Crippen LogP contribution in [0, 0.1) is 0 Å². The predicted octanol–water partition coefficient (Wildman–Crippen LogP) is 4.19. The topological polar surface area (TPSA) is 3.24 Å². The third-order valence-corrected chi connectivity index (χ3v) is 3.85. The second-order valence-corrected chi connectivity index (χ2v) is 5.41. The minimum Gasteiger partial charge on any atom is -0.303 e. The summed E-state index contributed by atoms with van der Waals surface area (Å²) < 4.78 is 0. The van der Waals surface area contributed by atoms with E-state index in [0.29, 0.717) is 0 Å². The molecule has 1 aromatic rings. The monoisotopic (exact) mass is 239 g/mol. The van der Waals surface area contributed by atoms with E-state index in [4.69, 9.17) is 0 Å². The second kappa shape index (κ2) is 8.77. The number of unbranched alkanes of at least 4 members (excludes halogenated alkanes) is 2. The van der Waals surface area contributed by atoms with E-state index < -0.39 is 0 Å². The zero-order valence-corrected chi connectivity index (χ0v) is 11.6. The highest BCUT2D eigenvalue weighted by molar-refractivity contribution is 7.09. The lowest BCUT2D eigenvalue weighted by Crippen LogP contribution is -2.28. The van der Waals surface area contributed by atoms with E-state index in [1.165, 1.54) is 56.6 Å². The Balaban J connectivity index is 2.25. The summed E-state index contributed by atoms with van der Waals surface area (Å²) in [5.74, 6) is 0. The number of hydrogen-bond donors (Lipinski definition) is 0. The van der Waals surface area contributed by atoms with Crippen molar-refractivity contribution in [2.45, 2.75) is 46.0 Å². The first kappa shape index (κ1) is 13.7. The average molecular weight is 239 g/mol. The number of nitrogens with zero attached hydrogens (tertiary/aromatic N) is 1. The first-order chi connectivity index (χ1) is 7.86. The maximum atomic E-state index is 2.63. The normalized spacial score (nSPS) is 11.2. The third-order valence-electron chi connectivity index (χ3n) is 2.91. The molecule has 0 saturated carbocycles. The molecule has 0 spiro atoms. The van der Waals surface area contributed by atoms with Gasteiger partial charge in [-0.25, -0.2) is 0 Å². The van der Waals surface area contributed by atoms with E-state index in [9.17, 15) is 0 Å². The van der Waals surface area contributed by atoms with Crippen LogP contribution in [-0.2, 0) is 6.42 Å². The van der Waals surface area contributed by atoms with Crippen LogP contribution in [-0.4, -0.2) is 24.5 Å². The maximum Gasteiger partial charge on any atom is 0.00579 e.